The Hall–Kier alpha value is -1.60. The van der Waals surface area contributed by atoms with Gasteiger partial charge in [-0.05, 0) is 22.9 Å². The van der Waals surface area contributed by atoms with Crippen molar-refractivity contribution in [3.8, 4) is 0 Å². The van der Waals surface area contributed by atoms with Crippen molar-refractivity contribution in [1.29, 1.82) is 0 Å². The van der Waals surface area contributed by atoms with Gasteiger partial charge in [0.25, 0.3) is 0 Å². The second-order valence-electron chi connectivity index (χ2n) is 3.78. The van der Waals surface area contributed by atoms with Gasteiger partial charge in [0.15, 0.2) is 0 Å². The Labute approximate surface area is 96.8 Å². The Balaban J connectivity index is 2.27. The lowest BCUT2D eigenvalue weighted by atomic mass is 10.0. The molecule has 0 aliphatic carbocycles. The van der Waals surface area contributed by atoms with Crippen molar-refractivity contribution in [2.75, 3.05) is 13.1 Å². The average Bonchev–Trinajstić information content (AvgIpc) is 2.35. The van der Waals surface area contributed by atoms with Crippen LogP contribution in [-0.2, 0) is 0 Å². The summed E-state index contributed by atoms with van der Waals surface area (Å²) < 4.78 is 0. The van der Waals surface area contributed by atoms with Gasteiger partial charge in [0, 0.05) is 6.54 Å². The molecule has 1 nitrogen and oxygen atoms in total. The summed E-state index contributed by atoms with van der Waals surface area (Å²) in [6, 6.07) is 14.9. The van der Waals surface area contributed by atoms with Gasteiger partial charge >= 0.3 is 0 Å². The Kier molecular flexibility index (Phi) is 3.73. The van der Waals surface area contributed by atoms with Crippen molar-refractivity contribution >= 4 is 16.8 Å². The first-order chi connectivity index (χ1) is 7.92. The zero-order valence-electron chi connectivity index (χ0n) is 9.61. The van der Waals surface area contributed by atoms with Crippen LogP contribution in [0.2, 0.25) is 0 Å². The Morgan fingerprint density at radius 3 is 2.75 bits per heavy atom. The van der Waals surface area contributed by atoms with E-state index in [-0.39, 0.29) is 0 Å². The average molecular weight is 211 g/mol. The normalized spacial score (nSPS) is 11.3. The van der Waals surface area contributed by atoms with E-state index in [4.69, 9.17) is 0 Å². The monoisotopic (exact) mass is 211 g/mol. The molecule has 0 heterocycles. The summed E-state index contributed by atoms with van der Waals surface area (Å²) in [5.41, 5.74) is 1.29. The van der Waals surface area contributed by atoms with E-state index >= 15 is 0 Å². The van der Waals surface area contributed by atoms with Gasteiger partial charge in [-0.2, -0.15) is 0 Å². The highest BCUT2D eigenvalue weighted by molar-refractivity contribution is 5.90. The second kappa shape index (κ2) is 5.47. The first-order valence-electron chi connectivity index (χ1n) is 5.77. The summed E-state index contributed by atoms with van der Waals surface area (Å²) in [6.07, 6.45) is 4.36. The molecule has 1 N–H and O–H groups in total. The molecular formula is C15H17N. The van der Waals surface area contributed by atoms with E-state index in [0.717, 1.165) is 13.1 Å². The van der Waals surface area contributed by atoms with Crippen LogP contribution < -0.4 is 5.32 Å². The van der Waals surface area contributed by atoms with Crippen LogP contribution in [0.25, 0.3) is 16.8 Å². The number of hydrogen-bond donors (Lipinski definition) is 1. The minimum absolute atomic E-state index is 0.930. The molecule has 0 aliphatic heterocycles. The van der Waals surface area contributed by atoms with Crippen LogP contribution in [0.5, 0.6) is 0 Å². The summed E-state index contributed by atoms with van der Waals surface area (Å²) in [5, 5.41) is 5.90. The fourth-order valence-corrected chi connectivity index (χ4v) is 1.81. The molecule has 0 amide bonds. The van der Waals surface area contributed by atoms with E-state index in [1.807, 2.05) is 0 Å². The van der Waals surface area contributed by atoms with Crippen LogP contribution >= 0.6 is 0 Å². The zero-order chi connectivity index (χ0) is 11.2. The van der Waals surface area contributed by atoms with Crippen LogP contribution in [0.15, 0.2) is 48.5 Å². The van der Waals surface area contributed by atoms with Crippen molar-refractivity contribution in [2.45, 2.75) is 6.92 Å². The third kappa shape index (κ3) is 2.50. The Bertz CT molecular complexity index is 480. The number of likely N-dealkylation sites (N-methyl/N-ethyl adjacent to an activating group) is 1. The van der Waals surface area contributed by atoms with Crippen LogP contribution in [0.1, 0.15) is 12.5 Å². The molecule has 0 fully saturated rings. The standard InChI is InChI=1S/C15H17N/c1-2-16-12-6-10-14-9-5-8-13-7-3-4-11-15(13)14/h3-11,16H,2,12H2,1H3. The van der Waals surface area contributed by atoms with E-state index < -0.39 is 0 Å². The summed E-state index contributed by atoms with van der Waals surface area (Å²) in [7, 11) is 0. The highest BCUT2D eigenvalue weighted by Crippen LogP contribution is 2.19. The van der Waals surface area contributed by atoms with E-state index in [9.17, 15) is 0 Å². The molecule has 0 saturated heterocycles. The van der Waals surface area contributed by atoms with E-state index in [1.54, 1.807) is 0 Å². The first kappa shape index (κ1) is 10.9. The van der Waals surface area contributed by atoms with Crippen molar-refractivity contribution in [1.82, 2.24) is 5.32 Å². The van der Waals surface area contributed by atoms with E-state index in [1.165, 1.54) is 16.3 Å². The quantitative estimate of drug-likeness (QED) is 0.764. The third-order valence-electron chi connectivity index (χ3n) is 2.63. The van der Waals surface area contributed by atoms with Gasteiger partial charge in [-0.3, -0.25) is 0 Å². The van der Waals surface area contributed by atoms with Gasteiger partial charge in [0.2, 0.25) is 0 Å². The van der Waals surface area contributed by atoms with E-state index in [0.29, 0.717) is 0 Å². The fourth-order valence-electron chi connectivity index (χ4n) is 1.81. The van der Waals surface area contributed by atoms with Gasteiger partial charge in [-0.1, -0.05) is 61.5 Å². The second-order valence-corrected chi connectivity index (χ2v) is 3.78. The molecule has 0 spiro atoms. The molecule has 2 rings (SSSR count). The molecule has 0 bridgehead atoms. The van der Waals surface area contributed by atoms with Crippen molar-refractivity contribution in [3.05, 3.63) is 54.1 Å². The fraction of sp³-hybridized carbons (Fsp3) is 0.200. The van der Waals surface area contributed by atoms with E-state index in [2.05, 4.69) is 66.9 Å². The van der Waals surface area contributed by atoms with Crippen LogP contribution in [0.3, 0.4) is 0 Å². The van der Waals surface area contributed by atoms with Crippen molar-refractivity contribution in [3.63, 3.8) is 0 Å². The minimum atomic E-state index is 0.930. The van der Waals surface area contributed by atoms with Gasteiger partial charge in [0.05, 0.1) is 0 Å². The van der Waals surface area contributed by atoms with Gasteiger partial charge in [-0.25, -0.2) is 0 Å². The van der Waals surface area contributed by atoms with Crippen LogP contribution in [0, 0.1) is 0 Å². The summed E-state index contributed by atoms with van der Waals surface area (Å²) >= 11 is 0. The van der Waals surface area contributed by atoms with Crippen LogP contribution in [-0.4, -0.2) is 13.1 Å². The summed E-state index contributed by atoms with van der Waals surface area (Å²) in [6.45, 7) is 4.06. The Morgan fingerprint density at radius 2 is 1.88 bits per heavy atom. The summed E-state index contributed by atoms with van der Waals surface area (Å²) in [4.78, 5) is 0. The minimum Gasteiger partial charge on any atom is -0.314 e. The topological polar surface area (TPSA) is 12.0 Å². The highest BCUT2D eigenvalue weighted by atomic mass is 14.8. The summed E-state index contributed by atoms with van der Waals surface area (Å²) in [5.74, 6) is 0. The zero-order valence-corrected chi connectivity index (χ0v) is 9.61. The lowest BCUT2D eigenvalue weighted by Crippen LogP contribution is -2.11. The molecule has 82 valence electrons. The molecule has 0 saturated carbocycles. The number of rotatable bonds is 4. The maximum absolute atomic E-state index is 3.28. The number of hydrogen-bond acceptors (Lipinski definition) is 1. The van der Waals surface area contributed by atoms with Gasteiger partial charge in [0.1, 0.15) is 0 Å². The lowest BCUT2D eigenvalue weighted by molar-refractivity contribution is 0.801. The number of nitrogens with one attached hydrogen (secondary N) is 1. The molecule has 0 radical (unpaired) electrons. The molecule has 1 heteroatoms. The Morgan fingerprint density at radius 1 is 1.06 bits per heavy atom. The van der Waals surface area contributed by atoms with Crippen molar-refractivity contribution < 1.29 is 0 Å². The van der Waals surface area contributed by atoms with Crippen LogP contribution in [0.4, 0.5) is 0 Å². The SMILES string of the molecule is CCNCC=Cc1cccc2ccccc12. The molecule has 2 aromatic carbocycles. The van der Waals surface area contributed by atoms with Gasteiger partial charge in [-0.15, -0.1) is 0 Å². The maximum atomic E-state index is 3.28. The molecule has 0 atom stereocenters. The predicted octanol–water partition coefficient (Wildman–Crippen LogP) is 3.46. The van der Waals surface area contributed by atoms with Gasteiger partial charge < -0.3 is 5.32 Å². The molecule has 0 aromatic heterocycles. The first-order valence-corrected chi connectivity index (χ1v) is 5.77. The smallest absolute Gasteiger partial charge is 0.0138 e. The molecule has 0 aliphatic rings. The molecular weight excluding hydrogens is 194 g/mol. The predicted molar refractivity (Wildman–Crippen MR) is 71.5 cm³/mol. The lowest BCUT2D eigenvalue weighted by Gasteiger charge is -2.01. The molecule has 2 aromatic rings. The largest absolute Gasteiger partial charge is 0.314 e. The molecule has 0 unspecified atom stereocenters. The number of benzene rings is 2. The number of fused-ring (bicyclic) bond motifs is 1. The third-order valence-corrected chi connectivity index (χ3v) is 2.63. The molecule has 16 heavy (non-hydrogen) atoms. The maximum Gasteiger partial charge on any atom is 0.0138 e. The van der Waals surface area contributed by atoms with Crippen molar-refractivity contribution in [2.24, 2.45) is 0 Å². The highest BCUT2D eigenvalue weighted by Gasteiger charge is 1.95.